The van der Waals surface area contributed by atoms with Crippen molar-refractivity contribution in [1.82, 2.24) is 0 Å². The van der Waals surface area contributed by atoms with Gasteiger partial charge in [-0.05, 0) is 12.1 Å². The van der Waals surface area contributed by atoms with Crippen LogP contribution < -0.4 is 15.0 Å². The molecule has 1 aromatic carbocycles. The third kappa shape index (κ3) is 0.814. The first kappa shape index (κ1) is 7.51. The number of nitrogens with one attached hydrogen (secondary N) is 1. The molecular formula is C10H9N3O. The molecule has 0 unspecified atom stereocenters. The first-order valence-electron chi connectivity index (χ1n) is 4.59. The summed E-state index contributed by atoms with van der Waals surface area (Å²) in [5.74, 6) is 0.884. The molecule has 0 saturated carbocycles. The Bertz CT molecular complexity index is 436. The van der Waals surface area contributed by atoms with Gasteiger partial charge >= 0.3 is 0 Å². The zero-order valence-electron chi connectivity index (χ0n) is 7.58. The third-order valence-electron chi connectivity index (χ3n) is 2.64. The van der Waals surface area contributed by atoms with Gasteiger partial charge in [0.25, 0.3) is 0 Å². The minimum atomic E-state index is 0.691. The lowest BCUT2D eigenvalue weighted by Crippen LogP contribution is -2.31. The average molecular weight is 187 g/mol. The predicted octanol–water partition coefficient (Wildman–Crippen LogP) is 1.14. The first-order valence-corrected chi connectivity index (χ1v) is 4.59. The van der Waals surface area contributed by atoms with E-state index in [4.69, 9.17) is 10.00 Å². The Morgan fingerprint density at radius 3 is 3.29 bits per heavy atom. The van der Waals surface area contributed by atoms with Crippen molar-refractivity contribution in [3.8, 4) is 11.8 Å². The maximum Gasteiger partial charge on any atom is 0.144 e. The molecule has 0 radical (unpaired) electrons. The van der Waals surface area contributed by atoms with Crippen LogP contribution in [0.5, 0.6) is 5.75 Å². The highest BCUT2D eigenvalue weighted by Gasteiger charge is 2.28. The van der Waals surface area contributed by atoms with Crippen LogP contribution >= 0.6 is 0 Å². The summed E-state index contributed by atoms with van der Waals surface area (Å²) in [5.41, 5.74) is 2.66. The zero-order valence-corrected chi connectivity index (χ0v) is 7.58. The molecule has 0 fully saturated rings. The standard InChI is InChI=1S/C10H9N3O/c11-5-7-1-2-8-10-9(7)12-6-13(10)3-4-14-8/h1-2,12H,3-4,6H2. The molecule has 0 bridgehead atoms. The van der Waals surface area contributed by atoms with Crippen LogP contribution in [-0.4, -0.2) is 19.8 Å². The van der Waals surface area contributed by atoms with Gasteiger partial charge in [-0.25, -0.2) is 0 Å². The molecule has 2 aliphatic rings. The SMILES string of the molecule is N#Cc1ccc2c3c1NCN3CCO2. The lowest BCUT2D eigenvalue weighted by Gasteiger charge is -2.25. The highest BCUT2D eigenvalue weighted by atomic mass is 16.5. The number of rotatable bonds is 0. The van der Waals surface area contributed by atoms with Gasteiger partial charge in [-0.1, -0.05) is 0 Å². The molecule has 70 valence electrons. The molecule has 1 aromatic rings. The Balaban J connectivity index is 2.26. The van der Waals surface area contributed by atoms with Crippen LogP contribution in [0.25, 0.3) is 0 Å². The van der Waals surface area contributed by atoms with Crippen LogP contribution in [0.1, 0.15) is 5.56 Å². The molecule has 1 N–H and O–H groups in total. The van der Waals surface area contributed by atoms with Crippen molar-refractivity contribution < 1.29 is 4.74 Å². The topological polar surface area (TPSA) is 48.3 Å². The average Bonchev–Trinajstić information content (AvgIpc) is 2.66. The van der Waals surface area contributed by atoms with E-state index in [1.165, 1.54) is 0 Å². The number of hydrogen-bond acceptors (Lipinski definition) is 4. The number of ether oxygens (including phenoxy) is 1. The van der Waals surface area contributed by atoms with E-state index in [-0.39, 0.29) is 0 Å². The molecule has 2 heterocycles. The fourth-order valence-electron chi connectivity index (χ4n) is 1.98. The molecule has 0 saturated heterocycles. The van der Waals surface area contributed by atoms with Gasteiger partial charge in [-0.2, -0.15) is 5.26 Å². The minimum Gasteiger partial charge on any atom is -0.489 e. The number of hydrogen-bond donors (Lipinski definition) is 1. The van der Waals surface area contributed by atoms with Crippen molar-refractivity contribution in [1.29, 1.82) is 5.26 Å². The molecule has 0 aromatic heterocycles. The van der Waals surface area contributed by atoms with Crippen molar-refractivity contribution in [3.63, 3.8) is 0 Å². The Kier molecular flexibility index (Phi) is 1.37. The maximum absolute atomic E-state index is 8.92. The molecule has 3 rings (SSSR count). The van der Waals surface area contributed by atoms with Crippen molar-refractivity contribution in [2.75, 3.05) is 30.0 Å². The van der Waals surface area contributed by atoms with E-state index >= 15 is 0 Å². The first-order chi connectivity index (χ1) is 6.90. The van der Waals surface area contributed by atoms with Crippen LogP contribution in [0, 0.1) is 11.3 Å². The molecule has 4 nitrogen and oxygen atoms in total. The number of benzene rings is 1. The van der Waals surface area contributed by atoms with E-state index in [1.54, 1.807) is 6.07 Å². The molecular weight excluding hydrogens is 178 g/mol. The van der Waals surface area contributed by atoms with Crippen molar-refractivity contribution >= 4 is 11.4 Å². The summed E-state index contributed by atoms with van der Waals surface area (Å²) < 4.78 is 5.52. The van der Waals surface area contributed by atoms with Gasteiger partial charge in [0, 0.05) is 0 Å². The van der Waals surface area contributed by atoms with Crippen molar-refractivity contribution in [2.24, 2.45) is 0 Å². The minimum absolute atomic E-state index is 0.691. The van der Waals surface area contributed by atoms with E-state index in [1.807, 2.05) is 6.07 Å². The summed E-state index contributed by atoms with van der Waals surface area (Å²) in [6.45, 7) is 2.40. The number of anilines is 2. The smallest absolute Gasteiger partial charge is 0.144 e. The number of nitriles is 1. The van der Waals surface area contributed by atoms with Gasteiger partial charge in [0.15, 0.2) is 0 Å². The maximum atomic E-state index is 8.92. The summed E-state index contributed by atoms with van der Waals surface area (Å²) in [6, 6.07) is 5.85. The molecule has 14 heavy (non-hydrogen) atoms. The normalized spacial score (nSPS) is 16.6. The molecule has 0 aliphatic carbocycles. The second kappa shape index (κ2) is 2.55. The Labute approximate surface area is 81.7 Å². The van der Waals surface area contributed by atoms with Crippen LogP contribution in [-0.2, 0) is 0 Å². The monoisotopic (exact) mass is 187 g/mol. The Morgan fingerprint density at radius 1 is 1.50 bits per heavy atom. The van der Waals surface area contributed by atoms with Crippen LogP contribution in [0.3, 0.4) is 0 Å². The van der Waals surface area contributed by atoms with E-state index in [2.05, 4.69) is 16.3 Å². The second-order valence-electron chi connectivity index (χ2n) is 3.39. The fourth-order valence-corrected chi connectivity index (χ4v) is 1.98. The number of nitrogens with zero attached hydrogens (tertiary/aromatic N) is 2. The third-order valence-corrected chi connectivity index (χ3v) is 2.64. The van der Waals surface area contributed by atoms with Gasteiger partial charge in [0.05, 0.1) is 24.5 Å². The molecule has 2 aliphatic heterocycles. The van der Waals surface area contributed by atoms with Crippen LogP contribution in [0.2, 0.25) is 0 Å². The molecule has 4 heteroatoms. The van der Waals surface area contributed by atoms with E-state index in [0.717, 1.165) is 36.9 Å². The highest BCUT2D eigenvalue weighted by Crippen LogP contribution is 2.43. The zero-order chi connectivity index (χ0) is 9.54. The Hall–Kier alpha value is -1.89. The fraction of sp³-hybridized carbons (Fsp3) is 0.300. The van der Waals surface area contributed by atoms with Gasteiger partial charge in [-0.3, -0.25) is 0 Å². The van der Waals surface area contributed by atoms with E-state index in [0.29, 0.717) is 5.56 Å². The molecule has 0 atom stereocenters. The largest absolute Gasteiger partial charge is 0.489 e. The van der Waals surface area contributed by atoms with Crippen LogP contribution in [0.15, 0.2) is 12.1 Å². The van der Waals surface area contributed by atoms with Gasteiger partial charge in [0.1, 0.15) is 24.1 Å². The van der Waals surface area contributed by atoms with Crippen LogP contribution in [0.4, 0.5) is 11.4 Å². The quantitative estimate of drug-likeness (QED) is 0.661. The molecule has 0 spiro atoms. The predicted molar refractivity (Wildman–Crippen MR) is 52.5 cm³/mol. The summed E-state index contributed by atoms with van der Waals surface area (Å²) in [7, 11) is 0. The van der Waals surface area contributed by atoms with E-state index < -0.39 is 0 Å². The second-order valence-corrected chi connectivity index (χ2v) is 3.39. The van der Waals surface area contributed by atoms with Crippen molar-refractivity contribution in [3.05, 3.63) is 17.7 Å². The molecule has 0 amide bonds. The summed E-state index contributed by atoms with van der Waals surface area (Å²) in [5, 5.41) is 12.1. The van der Waals surface area contributed by atoms with Crippen molar-refractivity contribution in [2.45, 2.75) is 0 Å². The Morgan fingerprint density at radius 2 is 2.43 bits per heavy atom. The summed E-state index contributed by atoms with van der Waals surface area (Å²) >= 11 is 0. The van der Waals surface area contributed by atoms with Gasteiger partial charge in [-0.15, -0.1) is 0 Å². The highest BCUT2D eigenvalue weighted by molar-refractivity contribution is 5.85. The lowest BCUT2D eigenvalue weighted by atomic mass is 10.1. The van der Waals surface area contributed by atoms with E-state index in [9.17, 15) is 0 Å². The summed E-state index contributed by atoms with van der Waals surface area (Å²) in [6.07, 6.45) is 0. The van der Waals surface area contributed by atoms with Gasteiger partial charge < -0.3 is 15.0 Å². The van der Waals surface area contributed by atoms with Gasteiger partial charge in [0.2, 0.25) is 0 Å². The lowest BCUT2D eigenvalue weighted by molar-refractivity contribution is 0.311. The summed E-state index contributed by atoms with van der Waals surface area (Å²) in [4.78, 5) is 2.20.